The number of benzene rings is 2. The molecule has 0 unspecified atom stereocenters. The molecule has 0 N–H and O–H groups in total. The molecular weight excluding hydrogens is 419 g/mol. The summed E-state index contributed by atoms with van der Waals surface area (Å²) in [6, 6.07) is 12.5. The van der Waals surface area contributed by atoms with Gasteiger partial charge in [0.1, 0.15) is 5.82 Å². The van der Waals surface area contributed by atoms with Gasteiger partial charge in [0.2, 0.25) is 5.95 Å². The van der Waals surface area contributed by atoms with E-state index in [0.29, 0.717) is 35.9 Å². The summed E-state index contributed by atoms with van der Waals surface area (Å²) < 4.78 is 21.4. The lowest BCUT2D eigenvalue weighted by Crippen LogP contribution is -2.40. The SMILES string of the molecule is Cc1cn(-c2ncc(-c3ccccc3F)cn2)c2cc(C(=O)N(C)C3CCOCC3)ccc12. The third kappa shape index (κ3) is 4.00. The highest BCUT2D eigenvalue weighted by Gasteiger charge is 2.24. The molecule has 2 aromatic carbocycles. The van der Waals surface area contributed by atoms with Crippen LogP contribution in [0.3, 0.4) is 0 Å². The Labute approximate surface area is 191 Å². The zero-order chi connectivity index (χ0) is 22.9. The summed E-state index contributed by atoms with van der Waals surface area (Å²) in [7, 11) is 1.86. The Morgan fingerprint density at radius 2 is 1.85 bits per heavy atom. The van der Waals surface area contributed by atoms with Gasteiger partial charge in [-0.3, -0.25) is 9.36 Å². The summed E-state index contributed by atoms with van der Waals surface area (Å²) in [4.78, 5) is 24.0. The molecule has 0 saturated carbocycles. The fourth-order valence-electron chi connectivity index (χ4n) is 4.42. The zero-order valence-electron chi connectivity index (χ0n) is 18.7. The van der Waals surface area contributed by atoms with Crippen molar-refractivity contribution in [2.24, 2.45) is 0 Å². The van der Waals surface area contributed by atoms with Crippen LogP contribution in [0.5, 0.6) is 0 Å². The monoisotopic (exact) mass is 444 g/mol. The second-order valence-electron chi connectivity index (χ2n) is 8.43. The van der Waals surface area contributed by atoms with Gasteiger partial charge < -0.3 is 9.64 Å². The van der Waals surface area contributed by atoms with Crippen LogP contribution in [-0.4, -0.2) is 51.6 Å². The van der Waals surface area contributed by atoms with Crippen molar-refractivity contribution in [1.29, 1.82) is 0 Å². The number of aromatic nitrogens is 3. The van der Waals surface area contributed by atoms with Crippen LogP contribution < -0.4 is 0 Å². The van der Waals surface area contributed by atoms with Crippen molar-refractivity contribution in [1.82, 2.24) is 19.4 Å². The fraction of sp³-hybridized carbons (Fsp3) is 0.269. The number of hydrogen-bond donors (Lipinski definition) is 0. The molecule has 7 heteroatoms. The smallest absolute Gasteiger partial charge is 0.253 e. The van der Waals surface area contributed by atoms with Crippen LogP contribution >= 0.6 is 0 Å². The molecule has 4 aromatic rings. The molecule has 168 valence electrons. The summed E-state index contributed by atoms with van der Waals surface area (Å²) in [5.41, 5.74) is 3.61. The van der Waals surface area contributed by atoms with E-state index in [1.54, 1.807) is 30.6 Å². The first-order valence-electron chi connectivity index (χ1n) is 11.1. The number of hydrogen-bond acceptors (Lipinski definition) is 4. The quantitative estimate of drug-likeness (QED) is 0.454. The van der Waals surface area contributed by atoms with Crippen LogP contribution in [0, 0.1) is 12.7 Å². The fourth-order valence-corrected chi connectivity index (χ4v) is 4.42. The van der Waals surface area contributed by atoms with Crippen molar-refractivity contribution in [2.45, 2.75) is 25.8 Å². The number of ether oxygens (including phenoxy) is 1. The molecule has 0 bridgehead atoms. The lowest BCUT2D eigenvalue weighted by Gasteiger charge is -2.31. The van der Waals surface area contributed by atoms with Crippen LogP contribution in [0.4, 0.5) is 4.39 Å². The number of carbonyl (C=O) groups is 1. The normalized spacial score (nSPS) is 14.5. The first-order chi connectivity index (χ1) is 16.0. The Hall–Kier alpha value is -3.58. The lowest BCUT2D eigenvalue weighted by atomic mass is 10.1. The average molecular weight is 445 g/mol. The molecule has 1 amide bonds. The number of amides is 1. The maximum Gasteiger partial charge on any atom is 0.253 e. The first-order valence-corrected chi connectivity index (χ1v) is 11.1. The molecule has 0 spiro atoms. The highest BCUT2D eigenvalue weighted by Crippen LogP contribution is 2.27. The Balaban J connectivity index is 1.49. The summed E-state index contributed by atoms with van der Waals surface area (Å²) in [5, 5.41) is 1.03. The average Bonchev–Trinajstić information content (AvgIpc) is 3.20. The summed E-state index contributed by atoms with van der Waals surface area (Å²) in [5.74, 6) is 0.147. The van der Waals surface area contributed by atoms with Gasteiger partial charge in [0, 0.05) is 67.0 Å². The van der Waals surface area contributed by atoms with E-state index in [4.69, 9.17) is 4.74 Å². The van der Waals surface area contributed by atoms with Crippen molar-refractivity contribution in [3.63, 3.8) is 0 Å². The number of fused-ring (bicyclic) bond motifs is 1. The molecule has 1 saturated heterocycles. The van der Waals surface area contributed by atoms with E-state index in [1.807, 2.05) is 47.8 Å². The minimum Gasteiger partial charge on any atom is -0.381 e. The van der Waals surface area contributed by atoms with Gasteiger partial charge in [-0.15, -0.1) is 0 Å². The van der Waals surface area contributed by atoms with E-state index in [1.165, 1.54) is 6.07 Å². The Kier molecular flexibility index (Phi) is 5.64. The topological polar surface area (TPSA) is 60.2 Å². The molecule has 1 aliphatic rings. The number of rotatable bonds is 4. The van der Waals surface area contributed by atoms with E-state index in [-0.39, 0.29) is 17.8 Å². The second-order valence-corrected chi connectivity index (χ2v) is 8.43. The van der Waals surface area contributed by atoms with Crippen molar-refractivity contribution in [3.05, 3.63) is 78.0 Å². The minimum absolute atomic E-state index is 0.00924. The van der Waals surface area contributed by atoms with E-state index < -0.39 is 0 Å². The summed E-state index contributed by atoms with van der Waals surface area (Å²) in [6.45, 7) is 3.38. The number of halogens is 1. The van der Waals surface area contributed by atoms with Crippen molar-refractivity contribution < 1.29 is 13.9 Å². The van der Waals surface area contributed by atoms with Gasteiger partial charge in [-0.25, -0.2) is 14.4 Å². The van der Waals surface area contributed by atoms with E-state index in [2.05, 4.69) is 9.97 Å². The van der Waals surface area contributed by atoms with Crippen LogP contribution in [-0.2, 0) is 4.74 Å². The number of carbonyl (C=O) groups excluding carboxylic acids is 1. The number of nitrogens with zero attached hydrogens (tertiary/aromatic N) is 4. The Morgan fingerprint density at radius 1 is 1.12 bits per heavy atom. The second kappa shape index (κ2) is 8.75. The van der Waals surface area contributed by atoms with E-state index in [9.17, 15) is 9.18 Å². The molecule has 1 fully saturated rings. The molecule has 3 heterocycles. The van der Waals surface area contributed by atoms with Gasteiger partial charge in [-0.2, -0.15) is 0 Å². The third-order valence-corrected chi connectivity index (χ3v) is 6.35. The van der Waals surface area contributed by atoms with Gasteiger partial charge in [-0.1, -0.05) is 24.3 Å². The van der Waals surface area contributed by atoms with Crippen molar-refractivity contribution >= 4 is 16.8 Å². The van der Waals surface area contributed by atoms with Crippen molar-refractivity contribution in [2.75, 3.05) is 20.3 Å². The maximum atomic E-state index is 14.1. The molecule has 2 aromatic heterocycles. The lowest BCUT2D eigenvalue weighted by molar-refractivity contribution is 0.0362. The van der Waals surface area contributed by atoms with Crippen LogP contribution in [0.2, 0.25) is 0 Å². The molecule has 0 aliphatic carbocycles. The zero-order valence-corrected chi connectivity index (χ0v) is 18.7. The molecule has 0 radical (unpaired) electrons. The summed E-state index contributed by atoms with van der Waals surface area (Å²) in [6.07, 6.45) is 6.90. The molecule has 5 rings (SSSR count). The van der Waals surface area contributed by atoms with E-state index >= 15 is 0 Å². The van der Waals surface area contributed by atoms with Crippen LogP contribution in [0.1, 0.15) is 28.8 Å². The highest BCUT2D eigenvalue weighted by molar-refractivity contribution is 5.99. The molecule has 6 nitrogen and oxygen atoms in total. The molecule has 33 heavy (non-hydrogen) atoms. The predicted octanol–water partition coefficient (Wildman–Crippen LogP) is 4.79. The van der Waals surface area contributed by atoms with Gasteiger partial charge in [0.15, 0.2) is 0 Å². The predicted molar refractivity (Wildman–Crippen MR) is 125 cm³/mol. The minimum atomic E-state index is -0.312. The third-order valence-electron chi connectivity index (χ3n) is 6.35. The Bertz CT molecular complexity index is 1310. The van der Waals surface area contributed by atoms with Gasteiger partial charge in [0.25, 0.3) is 5.91 Å². The number of aryl methyl sites for hydroxylation is 1. The Morgan fingerprint density at radius 3 is 2.58 bits per heavy atom. The van der Waals surface area contributed by atoms with Gasteiger partial charge >= 0.3 is 0 Å². The molecule has 0 atom stereocenters. The largest absolute Gasteiger partial charge is 0.381 e. The maximum absolute atomic E-state index is 14.1. The highest BCUT2D eigenvalue weighted by atomic mass is 19.1. The van der Waals surface area contributed by atoms with Crippen LogP contribution in [0.15, 0.2) is 61.1 Å². The van der Waals surface area contributed by atoms with Crippen molar-refractivity contribution in [3.8, 4) is 17.1 Å². The van der Waals surface area contributed by atoms with Gasteiger partial charge in [0.05, 0.1) is 5.52 Å². The summed E-state index contributed by atoms with van der Waals surface area (Å²) >= 11 is 0. The molecule has 1 aliphatic heterocycles. The first kappa shape index (κ1) is 21.3. The van der Waals surface area contributed by atoms with E-state index in [0.717, 1.165) is 29.3 Å². The standard InChI is InChI=1S/C26H25FN4O2/c1-17-16-31(26-28-14-19(15-29-26)22-5-3-4-6-23(22)27)24-13-18(7-8-21(17)24)25(32)30(2)20-9-11-33-12-10-20/h3-8,13-16,20H,9-12H2,1-2H3. The van der Waals surface area contributed by atoms with Crippen LogP contribution in [0.25, 0.3) is 28.0 Å². The molecular formula is C26H25FN4O2. The van der Waals surface area contributed by atoms with Gasteiger partial charge in [-0.05, 0) is 43.5 Å².